The first-order valence-electron chi connectivity index (χ1n) is 6.28. The molecule has 19 heavy (non-hydrogen) atoms. The van der Waals surface area contributed by atoms with E-state index in [4.69, 9.17) is 0 Å². The first-order chi connectivity index (χ1) is 9.42. The lowest BCUT2D eigenvalue weighted by molar-refractivity contribution is -0.671. The average molecular weight is 264 g/mol. The normalized spacial score (nSPS) is 13.1. The van der Waals surface area contributed by atoms with Crippen molar-refractivity contribution in [2.45, 2.75) is 6.54 Å². The standard InChI is InChI=1S/C15H10N3S/c1-2-6-13-12(5-1)18-9-17-8-11-10(4-3-7-16-11)14(17)15(18)19-13/h1-7,9H,8H2/q+1. The van der Waals surface area contributed by atoms with E-state index in [1.807, 2.05) is 23.6 Å². The highest BCUT2D eigenvalue weighted by molar-refractivity contribution is 7.24. The van der Waals surface area contributed by atoms with E-state index in [-0.39, 0.29) is 0 Å². The van der Waals surface area contributed by atoms with E-state index in [0.29, 0.717) is 0 Å². The Labute approximate surface area is 113 Å². The van der Waals surface area contributed by atoms with Gasteiger partial charge in [0.2, 0.25) is 4.83 Å². The summed E-state index contributed by atoms with van der Waals surface area (Å²) in [6, 6.07) is 12.7. The van der Waals surface area contributed by atoms with Crippen LogP contribution in [-0.2, 0) is 6.54 Å². The van der Waals surface area contributed by atoms with Crippen LogP contribution in [0.15, 0.2) is 48.9 Å². The molecule has 4 heterocycles. The molecule has 3 aromatic heterocycles. The van der Waals surface area contributed by atoms with Crippen LogP contribution < -0.4 is 4.57 Å². The van der Waals surface area contributed by atoms with Crippen molar-refractivity contribution < 1.29 is 4.57 Å². The van der Waals surface area contributed by atoms with Gasteiger partial charge in [0.05, 0.1) is 16.0 Å². The molecule has 0 unspecified atom stereocenters. The third kappa shape index (κ3) is 1.12. The number of nitrogens with zero attached hydrogens (tertiary/aromatic N) is 3. The number of fused-ring (bicyclic) bond motifs is 7. The van der Waals surface area contributed by atoms with Crippen molar-refractivity contribution in [2.24, 2.45) is 0 Å². The SMILES string of the molecule is c1cnc2c(c1)-c1c3sc4ccccc4n3c[n+]1C2. The Morgan fingerprint density at radius 3 is 3.11 bits per heavy atom. The lowest BCUT2D eigenvalue weighted by Gasteiger charge is -1.91. The molecule has 0 saturated heterocycles. The Morgan fingerprint density at radius 1 is 1.16 bits per heavy atom. The summed E-state index contributed by atoms with van der Waals surface area (Å²) in [6.45, 7) is 0.883. The number of hydrogen-bond donors (Lipinski definition) is 0. The molecule has 3 nitrogen and oxygen atoms in total. The molecule has 4 aromatic rings. The van der Waals surface area contributed by atoms with Crippen molar-refractivity contribution >= 4 is 26.4 Å². The third-order valence-corrected chi connectivity index (χ3v) is 4.91. The van der Waals surface area contributed by atoms with E-state index >= 15 is 0 Å². The monoisotopic (exact) mass is 264 g/mol. The van der Waals surface area contributed by atoms with Gasteiger partial charge in [-0.05, 0) is 24.3 Å². The molecule has 0 radical (unpaired) electrons. The molecule has 0 aliphatic carbocycles. The van der Waals surface area contributed by atoms with Crippen LogP contribution in [0.5, 0.6) is 0 Å². The molecule has 5 rings (SSSR count). The zero-order valence-electron chi connectivity index (χ0n) is 10.1. The van der Waals surface area contributed by atoms with Crippen LogP contribution in [0, 0.1) is 0 Å². The molecule has 0 bridgehead atoms. The minimum atomic E-state index is 0.883. The lowest BCUT2D eigenvalue weighted by Crippen LogP contribution is -2.29. The second kappa shape index (κ2) is 3.22. The van der Waals surface area contributed by atoms with Crippen molar-refractivity contribution in [1.29, 1.82) is 0 Å². The van der Waals surface area contributed by atoms with Crippen LogP contribution >= 0.6 is 11.3 Å². The van der Waals surface area contributed by atoms with Crippen molar-refractivity contribution in [2.75, 3.05) is 0 Å². The zero-order chi connectivity index (χ0) is 12.4. The lowest BCUT2D eigenvalue weighted by atomic mass is 10.2. The van der Waals surface area contributed by atoms with Gasteiger partial charge in [-0.15, -0.1) is 0 Å². The molecule has 0 saturated carbocycles. The molecule has 0 spiro atoms. The first-order valence-corrected chi connectivity index (χ1v) is 7.10. The smallest absolute Gasteiger partial charge is 0.251 e. The summed E-state index contributed by atoms with van der Waals surface area (Å²) in [6.07, 6.45) is 4.08. The van der Waals surface area contributed by atoms with Gasteiger partial charge in [0.15, 0.2) is 11.2 Å². The molecule has 1 aliphatic rings. The number of aromatic nitrogens is 3. The quantitative estimate of drug-likeness (QED) is 0.394. The second-order valence-electron chi connectivity index (χ2n) is 4.83. The third-order valence-electron chi connectivity index (χ3n) is 3.76. The van der Waals surface area contributed by atoms with Gasteiger partial charge in [0, 0.05) is 6.20 Å². The van der Waals surface area contributed by atoms with E-state index in [1.165, 1.54) is 32.0 Å². The van der Waals surface area contributed by atoms with Crippen LogP contribution in [0.4, 0.5) is 0 Å². The number of hydrogen-bond acceptors (Lipinski definition) is 2. The summed E-state index contributed by atoms with van der Waals surface area (Å²) in [7, 11) is 0. The van der Waals surface area contributed by atoms with Crippen molar-refractivity contribution in [3.05, 3.63) is 54.6 Å². The number of benzene rings is 1. The highest BCUT2D eigenvalue weighted by Crippen LogP contribution is 2.35. The van der Waals surface area contributed by atoms with Gasteiger partial charge in [-0.2, -0.15) is 4.40 Å². The van der Waals surface area contributed by atoms with E-state index < -0.39 is 0 Å². The summed E-state index contributed by atoms with van der Waals surface area (Å²) in [5.74, 6) is 0. The van der Waals surface area contributed by atoms with Crippen molar-refractivity contribution in [3.8, 4) is 11.3 Å². The van der Waals surface area contributed by atoms with E-state index in [1.54, 1.807) is 0 Å². The Kier molecular flexibility index (Phi) is 1.64. The van der Waals surface area contributed by atoms with Crippen LogP contribution in [0.1, 0.15) is 5.69 Å². The predicted molar refractivity (Wildman–Crippen MR) is 75.3 cm³/mol. The number of pyridine rings is 1. The summed E-state index contributed by atoms with van der Waals surface area (Å²) in [4.78, 5) is 5.79. The average Bonchev–Trinajstić information content (AvgIpc) is 3.05. The zero-order valence-corrected chi connectivity index (χ0v) is 10.9. The number of imidazole rings is 1. The minimum absolute atomic E-state index is 0.883. The van der Waals surface area contributed by atoms with Gasteiger partial charge in [-0.3, -0.25) is 4.98 Å². The van der Waals surface area contributed by atoms with Gasteiger partial charge in [-0.1, -0.05) is 23.5 Å². The van der Waals surface area contributed by atoms with Crippen molar-refractivity contribution in [3.63, 3.8) is 0 Å². The summed E-state index contributed by atoms with van der Waals surface area (Å²) >= 11 is 1.85. The molecule has 90 valence electrons. The maximum absolute atomic E-state index is 4.48. The summed E-state index contributed by atoms with van der Waals surface area (Å²) in [5.41, 5.74) is 5.05. The molecule has 0 fully saturated rings. The largest absolute Gasteiger partial charge is 0.256 e. The topological polar surface area (TPSA) is 21.2 Å². The molecular weight excluding hydrogens is 254 g/mol. The molecule has 0 amide bonds. The minimum Gasteiger partial charge on any atom is -0.256 e. The highest BCUT2D eigenvalue weighted by atomic mass is 32.1. The summed E-state index contributed by atoms with van der Waals surface area (Å²) in [5, 5.41) is 0. The summed E-state index contributed by atoms with van der Waals surface area (Å²) < 4.78 is 5.93. The molecule has 0 atom stereocenters. The van der Waals surface area contributed by atoms with E-state index in [9.17, 15) is 0 Å². The van der Waals surface area contributed by atoms with Crippen LogP contribution in [0.25, 0.3) is 26.3 Å². The fourth-order valence-electron chi connectivity index (χ4n) is 2.93. The van der Waals surface area contributed by atoms with Gasteiger partial charge >= 0.3 is 0 Å². The predicted octanol–water partition coefficient (Wildman–Crippen LogP) is 2.87. The number of thiazole rings is 1. The molecular formula is C15H10N3S+. The fourth-order valence-corrected chi connectivity index (χ4v) is 4.13. The molecule has 0 N–H and O–H groups in total. The van der Waals surface area contributed by atoms with Crippen LogP contribution in [-0.4, -0.2) is 9.38 Å². The Hall–Kier alpha value is -2.20. The number of para-hydroxylation sites is 1. The molecule has 1 aliphatic heterocycles. The molecule has 4 heteroatoms. The fraction of sp³-hybridized carbons (Fsp3) is 0.0667. The van der Waals surface area contributed by atoms with Gasteiger partial charge < -0.3 is 0 Å². The van der Waals surface area contributed by atoms with Gasteiger partial charge in [0.1, 0.15) is 6.54 Å². The van der Waals surface area contributed by atoms with Crippen LogP contribution in [0.2, 0.25) is 0 Å². The maximum atomic E-state index is 4.48. The van der Waals surface area contributed by atoms with Gasteiger partial charge in [-0.25, -0.2) is 4.57 Å². The Balaban J connectivity index is 1.97. The highest BCUT2D eigenvalue weighted by Gasteiger charge is 2.31. The molecule has 1 aromatic carbocycles. The van der Waals surface area contributed by atoms with E-state index in [0.717, 1.165) is 6.54 Å². The van der Waals surface area contributed by atoms with Crippen molar-refractivity contribution in [1.82, 2.24) is 9.38 Å². The van der Waals surface area contributed by atoms with Gasteiger partial charge in [0.25, 0.3) is 6.33 Å². The Bertz CT molecular complexity index is 949. The number of rotatable bonds is 0. The van der Waals surface area contributed by atoms with Crippen LogP contribution in [0.3, 0.4) is 0 Å². The second-order valence-corrected chi connectivity index (χ2v) is 5.87. The maximum Gasteiger partial charge on any atom is 0.251 e. The Morgan fingerprint density at radius 2 is 2.11 bits per heavy atom. The van der Waals surface area contributed by atoms with E-state index in [2.05, 4.69) is 50.6 Å². The first kappa shape index (κ1) is 9.69.